The van der Waals surface area contributed by atoms with Gasteiger partial charge < -0.3 is 9.32 Å². The van der Waals surface area contributed by atoms with Crippen LogP contribution < -0.4 is 0 Å². The van der Waals surface area contributed by atoms with Crippen molar-refractivity contribution in [3.05, 3.63) is 83.6 Å². The maximum absolute atomic E-state index is 13.7. The molecule has 3 nitrogen and oxygen atoms in total. The van der Waals surface area contributed by atoms with Gasteiger partial charge in [-0.1, -0.05) is 18.2 Å². The molecule has 0 unspecified atom stereocenters. The summed E-state index contributed by atoms with van der Waals surface area (Å²) in [6.07, 6.45) is 0. The second-order valence-corrected chi connectivity index (χ2v) is 5.42. The van der Waals surface area contributed by atoms with Gasteiger partial charge in [-0.05, 0) is 42.5 Å². The summed E-state index contributed by atoms with van der Waals surface area (Å²) in [4.78, 5) is 13.8. The van der Waals surface area contributed by atoms with Gasteiger partial charge in [0.25, 0.3) is 5.91 Å². The maximum atomic E-state index is 13.7. The summed E-state index contributed by atoms with van der Waals surface area (Å²) < 4.78 is 32.2. The molecule has 1 heterocycles. The molecule has 0 spiro atoms. The summed E-state index contributed by atoms with van der Waals surface area (Å²) in [6.45, 7) is 0.137. The van der Waals surface area contributed by atoms with Crippen molar-refractivity contribution < 1.29 is 18.0 Å². The van der Waals surface area contributed by atoms with Crippen molar-refractivity contribution >= 4 is 5.91 Å². The van der Waals surface area contributed by atoms with E-state index < -0.39 is 0 Å². The first-order valence-corrected chi connectivity index (χ1v) is 7.39. The van der Waals surface area contributed by atoms with E-state index in [9.17, 15) is 13.6 Å². The Kier molecular flexibility index (Phi) is 4.42. The lowest BCUT2D eigenvalue weighted by molar-refractivity contribution is 0.0753. The quantitative estimate of drug-likeness (QED) is 0.707. The van der Waals surface area contributed by atoms with Gasteiger partial charge in [-0.2, -0.15) is 0 Å². The Balaban J connectivity index is 1.75. The monoisotopic (exact) mass is 327 g/mol. The highest BCUT2D eigenvalue weighted by atomic mass is 19.1. The first kappa shape index (κ1) is 15.9. The fraction of sp³-hybridized carbons (Fsp3) is 0.105. The van der Waals surface area contributed by atoms with Gasteiger partial charge in [-0.15, -0.1) is 0 Å². The molecular formula is C19H15F2NO2. The third kappa shape index (κ3) is 3.35. The van der Waals surface area contributed by atoms with Crippen LogP contribution in [0.5, 0.6) is 0 Å². The largest absolute Gasteiger partial charge is 0.451 e. The summed E-state index contributed by atoms with van der Waals surface area (Å²) in [5, 5.41) is 0. The zero-order chi connectivity index (χ0) is 17.1. The van der Waals surface area contributed by atoms with Gasteiger partial charge >= 0.3 is 0 Å². The van der Waals surface area contributed by atoms with Crippen molar-refractivity contribution in [3.63, 3.8) is 0 Å². The van der Waals surface area contributed by atoms with Crippen LogP contribution >= 0.6 is 0 Å². The summed E-state index contributed by atoms with van der Waals surface area (Å²) in [6, 6.07) is 15.3. The van der Waals surface area contributed by atoms with Crippen LogP contribution in [0, 0.1) is 11.6 Å². The second-order valence-electron chi connectivity index (χ2n) is 5.42. The summed E-state index contributed by atoms with van der Waals surface area (Å²) in [7, 11) is 1.58. The Morgan fingerprint density at radius 2 is 1.71 bits per heavy atom. The number of hydrogen-bond donors (Lipinski definition) is 0. The number of carbonyl (C=O) groups excluding carboxylic acids is 1. The van der Waals surface area contributed by atoms with Crippen LogP contribution in [0.25, 0.3) is 11.3 Å². The van der Waals surface area contributed by atoms with Gasteiger partial charge in [0.1, 0.15) is 17.4 Å². The van der Waals surface area contributed by atoms with Gasteiger partial charge in [0.15, 0.2) is 5.76 Å². The minimum absolute atomic E-state index is 0.137. The predicted molar refractivity (Wildman–Crippen MR) is 86.3 cm³/mol. The maximum Gasteiger partial charge on any atom is 0.289 e. The molecule has 24 heavy (non-hydrogen) atoms. The van der Waals surface area contributed by atoms with E-state index in [2.05, 4.69) is 0 Å². The van der Waals surface area contributed by atoms with Crippen LogP contribution in [0.4, 0.5) is 8.78 Å². The molecule has 0 atom stereocenters. The van der Waals surface area contributed by atoms with Crippen LogP contribution in [0.3, 0.4) is 0 Å². The summed E-state index contributed by atoms with van der Waals surface area (Å²) >= 11 is 0. The van der Waals surface area contributed by atoms with Crippen molar-refractivity contribution in [1.82, 2.24) is 4.90 Å². The van der Waals surface area contributed by atoms with E-state index in [-0.39, 0.29) is 29.8 Å². The Bertz CT molecular complexity index is 856. The third-order valence-corrected chi connectivity index (χ3v) is 3.66. The molecule has 0 aliphatic carbocycles. The molecule has 0 saturated carbocycles. The highest BCUT2D eigenvalue weighted by Gasteiger charge is 2.18. The fourth-order valence-corrected chi connectivity index (χ4v) is 2.36. The van der Waals surface area contributed by atoms with E-state index in [0.29, 0.717) is 16.9 Å². The highest BCUT2D eigenvalue weighted by Crippen LogP contribution is 2.23. The van der Waals surface area contributed by atoms with E-state index in [1.807, 2.05) is 0 Å². The lowest BCUT2D eigenvalue weighted by atomic mass is 10.2. The number of nitrogens with zero attached hydrogens (tertiary/aromatic N) is 1. The first-order chi connectivity index (χ1) is 11.5. The Morgan fingerprint density at radius 1 is 1.00 bits per heavy atom. The zero-order valence-electron chi connectivity index (χ0n) is 13.0. The molecule has 0 aliphatic rings. The Hall–Kier alpha value is -2.95. The van der Waals surface area contributed by atoms with E-state index >= 15 is 0 Å². The molecule has 3 aromatic rings. The van der Waals surface area contributed by atoms with E-state index in [4.69, 9.17) is 4.42 Å². The van der Waals surface area contributed by atoms with Crippen LogP contribution in [0.15, 0.2) is 65.1 Å². The van der Waals surface area contributed by atoms with Gasteiger partial charge in [0, 0.05) is 24.7 Å². The number of furan rings is 1. The molecule has 0 saturated heterocycles. The molecule has 5 heteroatoms. The van der Waals surface area contributed by atoms with Crippen molar-refractivity contribution in [2.24, 2.45) is 0 Å². The number of amides is 1. The first-order valence-electron chi connectivity index (χ1n) is 7.39. The topological polar surface area (TPSA) is 33.5 Å². The molecule has 2 aromatic carbocycles. The molecule has 0 fully saturated rings. The van der Waals surface area contributed by atoms with Gasteiger partial charge in [0.2, 0.25) is 0 Å². The van der Waals surface area contributed by atoms with Crippen molar-refractivity contribution in [2.45, 2.75) is 6.54 Å². The minimum Gasteiger partial charge on any atom is -0.451 e. The Morgan fingerprint density at radius 3 is 2.42 bits per heavy atom. The van der Waals surface area contributed by atoms with Crippen molar-refractivity contribution in [1.29, 1.82) is 0 Å². The molecule has 0 N–H and O–H groups in total. The molecule has 0 aliphatic heterocycles. The lowest BCUT2D eigenvalue weighted by Gasteiger charge is -2.16. The van der Waals surface area contributed by atoms with E-state index in [1.165, 1.54) is 23.1 Å². The molecule has 1 aromatic heterocycles. The third-order valence-electron chi connectivity index (χ3n) is 3.66. The molecule has 3 rings (SSSR count). The average molecular weight is 327 g/mol. The zero-order valence-corrected chi connectivity index (χ0v) is 13.0. The number of halogens is 2. The summed E-state index contributed by atoms with van der Waals surface area (Å²) in [5.74, 6) is -0.438. The molecule has 1 amide bonds. The van der Waals surface area contributed by atoms with Crippen LogP contribution in [0.2, 0.25) is 0 Å². The van der Waals surface area contributed by atoms with E-state index in [1.54, 1.807) is 49.5 Å². The van der Waals surface area contributed by atoms with Crippen LogP contribution in [-0.4, -0.2) is 17.9 Å². The van der Waals surface area contributed by atoms with Gasteiger partial charge in [-0.3, -0.25) is 4.79 Å². The predicted octanol–water partition coefficient (Wildman–Crippen LogP) is 4.50. The van der Waals surface area contributed by atoms with Crippen molar-refractivity contribution in [2.75, 3.05) is 7.05 Å². The van der Waals surface area contributed by atoms with Crippen LogP contribution in [-0.2, 0) is 6.54 Å². The van der Waals surface area contributed by atoms with Gasteiger partial charge in [0.05, 0.1) is 0 Å². The fourth-order valence-electron chi connectivity index (χ4n) is 2.36. The highest BCUT2D eigenvalue weighted by molar-refractivity contribution is 5.91. The molecule has 0 bridgehead atoms. The van der Waals surface area contributed by atoms with Crippen LogP contribution in [0.1, 0.15) is 16.1 Å². The standard InChI is InChI=1S/C19H15F2NO2/c1-22(12-14-4-2-3-5-16(14)21)19(23)18-11-10-17(24-18)13-6-8-15(20)9-7-13/h2-11H,12H2,1H3. The second kappa shape index (κ2) is 6.66. The number of carbonyl (C=O) groups is 1. The SMILES string of the molecule is CN(Cc1ccccc1F)C(=O)c1ccc(-c2ccc(F)cc2)o1. The Labute approximate surface area is 138 Å². The average Bonchev–Trinajstić information content (AvgIpc) is 3.07. The van der Waals surface area contributed by atoms with E-state index in [0.717, 1.165) is 0 Å². The summed E-state index contributed by atoms with van der Waals surface area (Å²) in [5.41, 5.74) is 1.10. The lowest BCUT2D eigenvalue weighted by Crippen LogP contribution is -2.26. The molecule has 122 valence electrons. The molecule has 0 radical (unpaired) electrons. The minimum atomic E-state index is -0.358. The molecular weight excluding hydrogens is 312 g/mol. The van der Waals surface area contributed by atoms with Gasteiger partial charge in [-0.25, -0.2) is 8.78 Å². The number of hydrogen-bond acceptors (Lipinski definition) is 2. The normalized spacial score (nSPS) is 10.6. The van der Waals surface area contributed by atoms with Crippen molar-refractivity contribution in [3.8, 4) is 11.3 Å². The number of rotatable bonds is 4. The number of benzene rings is 2. The smallest absolute Gasteiger partial charge is 0.289 e.